The molecule has 0 saturated carbocycles. The van der Waals surface area contributed by atoms with Crippen LogP contribution in [0.3, 0.4) is 0 Å². The molecular weight excluding hydrogens is 400 g/mol. The minimum Gasteiger partial charge on any atom is -0.467 e. The number of carbonyl (C=O) groups excluding carboxylic acids is 2. The van der Waals surface area contributed by atoms with E-state index in [4.69, 9.17) is 13.8 Å². The van der Waals surface area contributed by atoms with Crippen molar-refractivity contribution < 1.29 is 32.3 Å². The number of halogens is 1. The molecule has 2 aromatic rings. The van der Waals surface area contributed by atoms with Crippen LogP contribution in [0.1, 0.15) is 21.5 Å². The lowest BCUT2D eigenvalue weighted by molar-refractivity contribution is -0.142. The molecule has 2 rings (SSSR count). The molecule has 29 heavy (non-hydrogen) atoms. The molecule has 0 spiro atoms. The maximum Gasteiger partial charge on any atom is 0.334 e. The van der Waals surface area contributed by atoms with Gasteiger partial charge in [-0.05, 0) is 29.3 Å². The molecule has 0 aliphatic carbocycles. The van der Waals surface area contributed by atoms with E-state index >= 15 is 0 Å². The molecule has 156 valence electrons. The van der Waals surface area contributed by atoms with E-state index in [9.17, 15) is 18.5 Å². The number of methoxy groups -OCH3 is 1. The summed E-state index contributed by atoms with van der Waals surface area (Å²) in [6.45, 7) is 0. The monoisotopic (exact) mass is 423 g/mol. The SMILES string of the molecule is COC(=O)[C@H](Cc1ccccc1F)NC(=O)c1ccc(CP(=O)(OC)OC)cc1. The predicted octanol–water partition coefficient (Wildman–Crippen LogP) is 3.33. The Morgan fingerprint density at radius 2 is 1.66 bits per heavy atom. The molecule has 7 nitrogen and oxygen atoms in total. The van der Waals surface area contributed by atoms with E-state index in [1.165, 1.54) is 51.7 Å². The van der Waals surface area contributed by atoms with Gasteiger partial charge < -0.3 is 19.1 Å². The normalized spacial score (nSPS) is 12.3. The van der Waals surface area contributed by atoms with E-state index in [2.05, 4.69) is 5.32 Å². The number of esters is 1. The molecule has 0 aromatic heterocycles. The van der Waals surface area contributed by atoms with Gasteiger partial charge in [0.25, 0.3) is 5.91 Å². The number of amides is 1. The maximum absolute atomic E-state index is 13.9. The summed E-state index contributed by atoms with van der Waals surface area (Å²) in [4.78, 5) is 24.6. The van der Waals surface area contributed by atoms with Gasteiger partial charge in [-0.3, -0.25) is 9.36 Å². The first-order valence-electron chi connectivity index (χ1n) is 8.73. The van der Waals surface area contributed by atoms with Crippen LogP contribution in [0.25, 0.3) is 0 Å². The van der Waals surface area contributed by atoms with E-state index in [1.54, 1.807) is 18.2 Å². The first-order valence-corrected chi connectivity index (χ1v) is 10.5. The maximum atomic E-state index is 13.9. The number of carbonyl (C=O) groups is 2. The van der Waals surface area contributed by atoms with Crippen LogP contribution in [-0.2, 0) is 35.7 Å². The van der Waals surface area contributed by atoms with Gasteiger partial charge in [0.2, 0.25) is 0 Å². The van der Waals surface area contributed by atoms with Gasteiger partial charge in [-0.25, -0.2) is 9.18 Å². The number of rotatable bonds is 9. The van der Waals surface area contributed by atoms with Gasteiger partial charge in [-0.1, -0.05) is 30.3 Å². The Hall–Kier alpha value is -2.54. The molecule has 1 atom stereocenters. The lowest BCUT2D eigenvalue weighted by atomic mass is 10.0. The fourth-order valence-corrected chi connectivity index (χ4v) is 3.72. The highest BCUT2D eigenvalue weighted by Crippen LogP contribution is 2.49. The summed E-state index contributed by atoms with van der Waals surface area (Å²) in [6, 6.07) is 11.2. The summed E-state index contributed by atoms with van der Waals surface area (Å²) in [5.74, 6) is -1.68. The Kier molecular flexibility index (Phi) is 8.08. The topological polar surface area (TPSA) is 90.9 Å². The quantitative estimate of drug-likeness (QED) is 0.492. The van der Waals surface area contributed by atoms with Crippen molar-refractivity contribution in [1.82, 2.24) is 5.32 Å². The van der Waals surface area contributed by atoms with Crippen LogP contribution in [0.15, 0.2) is 48.5 Å². The summed E-state index contributed by atoms with van der Waals surface area (Å²) in [5, 5.41) is 2.57. The standard InChI is InChI=1S/C20H23FNO6P/c1-26-20(24)18(12-16-6-4-5-7-17(16)21)22-19(23)15-10-8-14(9-11-15)13-29(25,27-2)28-3/h4-11,18H,12-13H2,1-3H3,(H,22,23)/t18-/m0/s1. The van der Waals surface area contributed by atoms with Crippen molar-refractivity contribution in [1.29, 1.82) is 0 Å². The van der Waals surface area contributed by atoms with E-state index in [1.807, 2.05) is 0 Å². The van der Waals surface area contributed by atoms with Crippen LogP contribution >= 0.6 is 7.60 Å². The lowest BCUT2D eigenvalue weighted by Gasteiger charge is -2.17. The zero-order valence-electron chi connectivity index (χ0n) is 16.4. The minimum atomic E-state index is -3.22. The zero-order chi connectivity index (χ0) is 21.4. The Morgan fingerprint density at radius 3 is 2.21 bits per heavy atom. The van der Waals surface area contributed by atoms with Crippen LogP contribution in [0.5, 0.6) is 0 Å². The van der Waals surface area contributed by atoms with Crippen LogP contribution < -0.4 is 5.32 Å². The minimum absolute atomic E-state index is 0.0476. The number of hydrogen-bond donors (Lipinski definition) is 1. The van der Waals surface area contributed by atoms with Gasteiger partial charge in [0.15, 0.2) is 0 Å². The summed E-state index contributed by atoms with van der Waals surface area (Å²) in [6.07, 6.45) is 0.00793. The largest absolute Gasteiger partial charge is 0.467 e. The smallest absolute Gasteiger partial charge is 0.334 e. The molecule has 2 aromatic carbocycles. The second-order valence-corrected chi connectivity index (χ2v) is 8.44. The van der Waals surface area contributed by atoms with Gasteiger partial charge >= 0.3 is 13.6 Å². The molecule has 1 N–H and O–H groups in total. The third-order valence-electron chi connectivity index (χ3n) is 4.32. The summed E-state index contributed by atoms with van der Waals surface area (Å²) in [7, 11) is 0.574. The summed E-state index contributed by atoms with van der Waals surface area (Å²) < 4.78 is 40.6. The molecule has 1 amide bonds. The third-order valence-corrected chi connectivity index (χ3v) is 6.19. The zero-order valence-corrected chi connectivity index (χ0v) is 17.3. The van der Waals surface area contributed by atoms with Crippen molar-refractivity contribution in [3.63, 3.8) is 0 Å². The summed E-state index contributed by atoms with van der Waals surface area (Å²) >= 11 is 0. The van der Waals surface area contributed by atoms with E-state index < -0.39 is 31.3 Å². The molecule has 0 saturated heterocycles. The average Bonchev–Trinajstić information content (AvgIpc) is 2.74. The second-order valence-electron chi connectivity index (χ2n) is 6.18. The van der Waals surface area contributed by atoms with Crippen LogP contribution in [0.4, 0.5) is 4.39 Å². The number of benzene rings is 2. The highest BCUT2D eigenvalue weighted by atomic mass is 31.2. The first kappa shape index (κ1) is 22.7. The van der Waals surface area contributed by atoms with Crippen molar-refractivity contribution in [2.24, 2.45) is 0 Å². The predicted molar refractivity (Wildman–Crippen MR) is 105 cm³/mol. The highest BCUT2D eigenvalue weighted by molar-refractivity contribution is 7.52. The Morgan fingerprint density at radius 1 is 1.03 bits per heavy atom. The van der Waals surface area contributed by atoms with Gasteiger partial charge in [-0.15, -0.1) is 0 Å². The molecule has 9 heteroatoms. The van der Waals surface area contributed by atoms with Crippen molar-refractivity contribution in [2.45, 2.75) is 18.6 Å². The highest BCUT2D eigenvalue weighted by Gasteiger charge is 2.25. The molecular formula is C20H23FNO6P. The Balaban J connectivity index is 2.12. The molecule has 0 aliphatic heterocycles. The van der Waals surface area contributed by atoms with Gasteiger partial charge in [-0.2, -0.15) is 0 Å². The van der Waals surface area contributed by atoms with Crippen molar-refractivity contribution >= 4 is 19.5 Å². The Labute approximate surface area is 168 Å². The molecule has 0 fully saturated rings. The first-order chi connectivity index (χ1) is 13.8. The van der Waals surface area contributed by atoms with Gasteiger partial charge in [0.05, 0.1) is 13.3 Å². The van der Waals surface area contributed by atoms with Crippen molar-refractivity contribution in [3.8, 4) is 0 Å². The Bertz CT molecular complexity index is 894. The van der Waals surface area contributed by atoms with E-state index in [-0.39, 0.29) is 23.7 Å². The van der Waals surface area contributed by atoms with Gasteiger partial charge in [0.1, 0.15) is 11.9 Å². The van der Waals surface area contributed by atoms with Crippen LogP contribution in [-0.4, -0.2) is 39.2 Å². The molecule has 0 radical (unpaired) electrons. The second kappa shape index (κ2) is 10.3. The van der Waals surface area contributed by atoms with Crippen molar-refractivity contribution in [2.75, 3.05) is 21.3 Å². The van der Waals surface area contributed by atoms with Crippen LogP contribution in [0, 0.1) is 5.82 Å². The fraction of sp³-hybridized carbons (Fsp3) is 0.300. The summed E-state index contributed by atoms with van der Waals surface area (Å²) in [5.41, 5.74) is 1.22. The van der Waals surface area contributed by atoms with Gasteiger partial charge in [0, 0.05) is 26.2 Å². The number of nitrogens with one attached hydrogen (secondary N) is 1. The van der Waals surface area contributed by atoms with Crippen LogP contribution in [0.2, 0.25) is 0 Å². The third kappa shape index (κ3) is 6.22. The van der Waals surface area contributed by atoms with E-state index in [0.29, 0.717) is 5.56 Å². The molecule has 0 bridgehead atoms. The number of hydrogen-bond acceptors (Lipinski definition) is 6. The molecule has 0 aliphatic rings. The fourth-order valence-electron chi connectivity index (χ4n) is 2.65. The number of ether oxygens (including phenoxy) is 1. The molecule has 0 heterocycles. The average molecular weight is 423 g/mol. The van der Waals surface area contributed by atoms with Crippen molar-refractivity contribution in [3.05, 3.63) is 71.0 Å². The molecule has 0 unspecified atom stereocenters. The van der Waals surface area contributed by atoms with E-state index in [0.717, 1.165) is 0 Å². The lowest BCUT2D eigenvalue weighted by Crippen LogP contribution is -2.43.